The van der Waals surface area contributed by atoms with E-state index >= 15 is 0 Å². The summed E-state index contributed by atoms with van der Waals surface area (Å²) in [5, 5.41) is 19.3. The van der Waals surface area contributed by atoms with Crippen LogP contribution in [0.15, 0.2) is 18.5 Å². The van der Waals surface area contributed by atoms with Crippen molar-refractivity contribution in [2.75, 3.05) is 5.32 Å². The Morgan fingerprint density at radius 3 is 3.00 bits per heavy atom. The van der Waals surface area contributed by atoms with Gasteiger partial charge in [0, 0.05) is 6.20 Å². The first-order chi connectivity index (χ1) is 6.77. The third-order valence-corrected chi connectivity index (χ3v) is 1.46. The molecule has 0 aliphatic heterocycles. The number of nitriles is 2. The molecule has 0 aliphatic rings. The van der Waals surface area contributed by atoms with Gasteiger partial charge in [-0.2, -0.15) is 10.5 Å². The topological polar surface area (TPSA) is 89.6 Å². The number of hydrogen-bond acceptors (Lipinski definition) is 4. The minimum absolute atomic E-state index is 0.236. The van der Waals surface area contributed by atoms with E-state index in [1.807, 2.05) is 6.07 Å². The van der Waals surface area contributed by atoms with Gasteiger partial charge < -0.3 is 5.32 Å². The lowest BCUT2D eigenvalue weighted by molar-refractivity contribution is -0.115. The van der Waals surface area contributed by atoms with E-state index in [0.717, 1.165) is 0 Å². The molecule has 14 heavy (non-hydrogen) atoms. The van der Waals surface area contributed by atoms with Crippen LogP contribution >= 0.6 is 0 Å². The molecule has 0 radical (unpaired) electrons. The van der Waals surface area contributed by atoms with E-state index in [4.69, 9.17) is 10.5 Å². The average Bonchev–Trinajstić information content (AvgIpc) is 2.19. The van der Waals surface area contributed by atoms with E-state index in [1.165, 1.54) is 18.5 Å². The molecule has 1 N–H and O–H groups in total. The molecule has 0 atom stereocenters. The van der Waals surface area contributed by atoms with Crippen LogP contribution in [0.5, 0.6) is 0 Å². The van der Waals surface area contributed by atoms with Gasteiger partial charge in [-0.1, -0.05) is 0 Å². The van der Waals surface area contributed by atoms with Crippen LogP contribution in [0.25, 0.3) is 0 Å². The minimum Gasteiger partial charge on any atom is -0.323 e. The second kappa shape index (κ2) is 4.58. The van der Waals surface area contributed by atoms with Crippen LogP contribution in [0.3, 0.4) is 0 Å². The molecule has 0 aliphatic carbocycles. The molecule has 1 aromatic heterocycles. The zero-order chi connectivity index (χ0) is 10.4. The van der Waals surface area contributed by atoms with Crippen molar-refractivity contribution in [3.8, 4) is 12.1 Å². The molecule has 1 aromatic rings. The standard InChI is InChI=1S/C9H6N4O/c10-3-1-9(14)13-8-6-12-4-2-7(8)5-11/h2,4,6H,1H2,(H,13,14). The van der Waals surface area contributed by atoms with Crippen LogP contribution in [0.1, 0.15) is 12.0 Å². The van der Waals surface area contributed by atoms with Crippen molar-refractivity contribution in [2.45, 2.75) is 6.42 Å². The second-order valence-electron chi connectivity index (χ2n) is 2.42. The Labute approximate surface area is 80.6 Å². The number of nitrogens with one attached hydrogen (secondary N) is 1. The van der Waals surface area contributed by atoms with Gasteiger partial charge in [0.05, 0.1) is 23.5 Å². The molecule has 0 saturated carbocycles. The summed E-state index contributed by atoms with van der Waals surface area (Å²) >= 11 is 0. The molecular weight excluding hydrogens is 180 g/mol. The van der Waals surface area contributed by atoms with E-state index < -0.39 is 5.91 Å². The highest BCUT2D eigenvalue weighted by atomic mass is 16.1. The Kier molecular flexibility index (Phi) is 3.17. The smallest absolute Gasteiger partial charge is 0.238 e. The zero-order valence-electron chi connectivity index (χ0n) is 7.19. The normalized spacial score (nSPS) is 8.43. The molecule has 0 bridgehead atoms. The summed E-state index contributed by atoms with van der Waals surface area (Å²) in [6.45, 7) is 0. The third kappa shape index (κ3) is 2.29. The number of nitrogens with zero attached hydrogens (tertiary/aromatic N) is 3. The molecular formula is C9H6N4O. The highest BCUT2D eigenvalue weighted by Gasteiger charge is 2.05. The van der Waals surface area contributed by atoms with E-state index in [9.17, 15) is 4.79 Å². The SMILES string of the molecule is N#CCC(=O)Nc1cnccc1C#N. The fraction of sp³-hybridized carbons (Fsp3) is 0.111. The zero-order valence-corrected chi connectivity index (χ0v) is 7.19. The number of pyridine rings is 1. The van der Waals surface area contributed by atoms with Gasteiger partial charge in [-0.3, -0.25) is 9.78 Å². The summed E-state index contributed by atoms with van der Waals surface area (Å²) < 4.78 is 0. The first-order valence-electron chi connectivity index (χ1n) is 3.79. The lowest BCUT2D eigenvalue weighted by Crippen LogP contribution is -2.11. The predicted octanol–water partition coefficient (Wildman–Crippen LogP) is 0.805. The Balaban J connectivity index is 2.83. The maximum atomic E-state index is 11.0. The Hall–Kier alpha value is -2.40. The van der Waals surface area contributed by atoms with Crippen molar-refractivity contribution in [3.05, 3.63) is 24.0 Å². The summed E-state index contributed by atoms with van der Waals surface area (Å²) in [6.07, 6.45) is 2.59. The van der Waals surface area contributed by atoms with Crippen LogP contribution in [0.4, 0.5) is 5.69 Å². The summed E-state index contributed by atoms with van der Waals surface area (Å²) in [5.74, 6) is -0.447. The highest BCUT2D eigenvalue weighted by molar-refractivity contribution is 5.93. The number of rotatable bonds is 2. The van der Waals surface area contributed by atoms with Crippen molar-refractivity contribution in [1.82, 2.24) is 4.98 Å². The first-order valence-corrected chi connectivity index (χ1v) is 3.79. The van der Waals surface area contributed by atoms with Crippen molar-refractivity contribution < 1.29 is 4.79 Å². The highest BCUT2D eigenvalue weighted by Crippen LogP contribution is 2.11. The Bertz CT molecular complexity index is 427. The Morgan fingerprint density at radius 2 is 2.36 bits per heavy atom. The van der Waals surface area contributed by atoms with Crippen LogP contribution in [0, 0.1) is 22.7 Å². The lowest BCUT2D eigenvalue weighted by atomic mass is 10.2. The molecule has 1 rings (SSSR count). The van der Waals surface area contributed by atoms with Crippen molar-refractivity contribution >= 4 is 11.6 Å². The minimum atomic E-state index is -0.447. The fourth-order valence-electron chi connectivity index (χ4n) is 0.858. The summed E-state index contributed by atoms with van der Waals surface area (Å²) in [7, 11) is 0. The number of carbonyl (C=O) groups is 1. The monoisotopic (exact) mass is 186 g/mol. The van der Waals surface area contributed by atoms with Gasteiger partial charge in [-0.05, 0) is 6.07 Å². The number of carbonyl (C=O) groups excluding carboxylic acids is 1. The Morgan fingerprint density at radius 1 is 1.57 bits per heavy atom. The molecule has 5 nitrogen and oxygen atoms in total. The average molecular weight is 186 g/mol. The lowest BCUT2D eigenvalue weighted by Gasteiger charge is -2.02. The number of aromatic nitrogens is 1. The van der Waals surface area contributed by atoms with E-state index in [-0.39, 0.29) is 6.42 Å². The van der Waals surface area contributed by atoms with Crippen molar-refractivity contribution in [2.24, 2.45) is 0 Å². The number of hydrogen-bond donors (Lipinski definition) is 1. The van der Waals surface area contributed by atoms with E-state index in [2.05, 4.69) is 10.3 Å². The predicted molar refractivity (Wildman–Crippen MR) is 47.8 cm³/mol. The number of anilines is 1. The molecule has 68 valence electrons. The van der Waals surface area contributed by atoms with Crippen LogP contribution in [-0.2, 0) is 4.79 Å². The van der Waals surface area contributed by atoms with Gasteiger partial charge in [0.1, 0.15) is 12.5 Å². The van der Waals surface area contributed by atoms with Crippen molar-refractivity contribution in [1.29, 1.82) is 10.5 Å². The summed E-state index contributed by atoms with van der Waals surface area (Å²) in [6, 6.07) is 5.10. The second-order valence-corrected chi connectivity index (χ2v) is 2.42. The molecule has 0 aromatic carbocycles. The van der Waals surface area contributed by atoms with E-state index in [1.54, 1.807) is 6.07 Å². The van der Waals surface area contributed by atoms with Gasteiger partial charge in [-0.15, -0.1) is 0 Å². The van der Waals surface area contributed by atoms with Gasteiger partial charge in [0.2, 0.25) is 5.91 Å². The molecule has 5 heteroatoms. The molecule has 0 saturated heterocycles. The molecule has 0 fully saturated rings. The van der Waals surface area contributed by atoms with Crippen LogP contribution < -0.4 is 5.32 Å². The summed E-state index contributed by atoms with van der Waals surface area (Å²) in [5.41, 5.74) is 0.654. The first kappa shape index (κ1) is 9.69. The molecule has 1 heterocycles. The molecule has 0 spiro atoms. The fourth-order valence-corrected chi connectivity index (χ4v) is 0.858. The van der Waals surface area contributed by atoms with Gasteiger partial charge >= 0.3 is 0 Å². The largest absolute Gasteiger partial charge is 0.323 e. The van der Waals surface area contributed by atoms with Crippen LogP contribution in [-0.4, -0.2) is 10.9 Å². The molecule has 1 amide bonds. The van der Waals surface area contributed by atoms with Crippen molar-refractivity contribution in [3.63, 3.8) is 0 Å². The van der Waals surface area contributed by atoms with Gasteiger partial charge in [0.25, 0.3) is 0 Å². The van der Waals surface area contributed by atoms with E-state index in [0.29, 0.717) is 11.3 Å². The third-order valence-electron chi connectivity index (χ3n) is 1.46. The van der Waals surface area contributed by atoms with Crippen LogP contribution in [0.2, 0.25) is 0 Å². The van der Waals surface area contributed by atoms with Gasteiger partial charge in [-0.25, -0.2) is 0 Å². The maximum Gasteiger partial charge on any atom is 0.238 e. The van der Waals surface area contributed by atoms with Gasteiger partial charge in [0.15, 0.2) is 0 Å². The number of amides is 1. The summed E-state index contributed by atoms with van der Waals surface area (Å²) in [4.78, 5) is 14.8. The maximum absolute atomic E-state index is 11.0. The quantitative estimate of drug-likeness (QED) is 0.739. The molecule has 0 unspecified atom stereocenters.